The van der Waals surface area contributed by atoms with Crippen molar-refractivity contribution >= 4 is 28.2 Å². The molecule has 24 heavy (non-hydrogen) atoms. The van der Waals surface area contributed by atoms with Gasteiger partial charge in [0.15, 0.2) is 10.9 Å². The Hall–Kier alpha value is -1.95. The summed E-state index contributed by atoms with van der Waals surface area (Å²) < 4.78 is 5.54. The lowest BCUT2D eigenvalue weighted by atomic mass is 9.93. The number of nitrogens with one attached hydrogen (secondary N) is 1. The number of carbonyl (C=O) groups is 2. The maximum atomic E-state index is 12.1. The van der Waals surface area contributed by atoms with Crippen LogP contribution in [0.4, 0.5) is 5.13 Å². The largest absolute Gasteiger partial charge is 0.466 e. The van der Waals surface area contributed by atoms with Crippen molar-refractivity contribution in [2.75, 3.05) is 5.32 Å². The standard InChI is InChI=1S/C18H22N2O3S/c1-10-4-6-15-16(8-10)24-18(19-15)20-17(22)7-5-13-9-14(11(2)21)12(3)23-13/h9-10H,4-8H2,1-3H3,(H,19,20,22)/t10-/m0/s1. The number of Topliss-reactive ketones (excluding diaryl/α,β-unsaturated/α-hetero) is 1. The smallest absolute Gasteiger partial charge is 0.226 e. The van der Waals surface area contributed by atoms with E-state index in [4.69, 9.17) is 4.42 Å². The molecule has 2 aromatic heterocycles. The van der Waals surface area contributed by atoms with Crippen LogP contribution in [-0.4, -0.2) is 16.7 Å². The molecule has 0 bridgehead atoms. The zero-order chi connectivity index (χ0) is 17.3. The first-order valence-electron chi connectivity index (χ1n) is 8.31. The van der Waals surface area contributed by atoms with Gasteiger partial charge in [-0.05, 0) is 45.1 Å². The van der Waals surface area contributed by atoms with E-state index in [-0.39, 0.29) is 11.7 Å². The van der Waals surface area contributed by atoms with Gasteiger partial charge in [0.05, 0.1) is 11.3 Å². The van der Waals surface area contributed by atoms with E-state index in [2.05, 4.69) is 17.2 Å². The average molecular weight is 346 g/mol. The maximum absolute atomic E-state index is 12.1. The molecule has 0 saturated carbocycles. The number of thiazole rings is 1. The van der Waals surface area contributed by atoms with Gasteiger partial charge in [0.1, 0.15) is 11.5 Å². The number of hydrogen-bond donors (Lipinski definition) is 1. The molecular weight excluding hydrogens is 324 g/mol. The summed E-state index contributed by atoms with van der Waals surface area (Å²) in [6, 6.07) is 1.73. The Morgan fingerprint density at radius 2 is 2.25 bits per heavy atom. The minimum Gasteiger partial charge on any atom is -0.466 e. The quantitative estimate of drug-likeness (QED) is 0.832. The molecule has 2 heterocycles. The van der Waals surface area contributed by atoms with Crippen LogP contribution in [0.1, 0.15) is 59.1 Å². The molecule has 0 fully saturated rings. The lowest BCUT2D eigenvalue weighted by Crippen LogP contribution is -2.12. The Balaban J connectivity index is 1.56. The zero-order valence-corrected chi connectivity index (χ0v) is 15.1. The molecule has 5 nitrogen and oxygen atoms in total. The van der Waals surface area contributed by atoms with Gasteiger partial charge < -0.3 is 9.73 Å². The molecule has 0 aliphatic heterocycles. The zero-order valence-electron chi connectivity index (χ0n) is 14.3. The summed E-state index contributed by atoms with van der Waals surface area (Å²) >= 11 is 1.59. The second-order valence-corrected chi connectivity index (χ2v) is 7.61. The van der Waals surface area contributed by atoms with E-state index in [1.54, 1.807) is 24.3 Å². The first kappa shape index (κ1) is 16.9. The van der Waals surface area contributed by atoms with E-state index in [1.165, 1.54) is 18.2 Å². The van der Waals surface area contributed by atoms with Crippen molar-refractivity contribution in [3.05, 3.63) is 33.7 Å². The third-order valence-electron chi connectivity index (χ3n) is 4.38. The molecule has 1 atom stereocenters. The van der Waals surface area contributed by atoms with Crippen LogP contribution in [0.5, 0.6) is 0 Å². The van der Waals surface area contributed by atoms with Crippen LogP contribution in [0, 0.1) is 12.8 Å². The molecule has 0 saturated heterocycles. The van der Waals surface area contributed by atoms with E-state index in [0.29, 0.717) is 41.0 Å². The minimum absolute atomic E-state index is 0.0189. The number of aromatic nitrogens is 1. The number of ketones is 1. The predicted molar refractivity (Wildman–Crippen MR) is 93.7 cm³/mol. The number of amides is 1. The molecule has 0 radical (unpaired) electrons. The van der Waals surface area contributed by atoms with Gasteiger partial charge in [-0.3, -0.25) is 9.59 Å². The highest BCUT2D eigenvalue weighted by Crippen LogP contribution is 2.32. The summed E-state index contributed by atoms with van der Waals surface area (Å²) in [5.74, 6) is 1.88. The highest BCUT2D eigenvalue weighted by molar-refractivity contribution is 7.15. The van der Waals surface area contributed by atoms with Crippen LogP contribution < -0.4 is 5.32 Å². The summed E-state index contributed by atoms with van der Waals surface area (Å²) in [5.41, 5.74) is 1.73. The first-order valence-corrected chi connectivity index (χ1v) is 9.12. The van der Waals surface area contributed by atoms with E-state index in [1.807, 2.05) is 0 Å². The van der Waals surface area contributed by atoms with E-state index in [9.17, 15) is 9.59 Å². The number of furan rings is 1. The predicted octanol–water partition coefficient (Wildman–Crippen LogP) is 3.94. The number of fused-ring (bicyclic) bond motifs is 1. The molecule has 128 valence electrons. The van der Waals surface area contributed by atoms with Gasteiger partial charge in [-0.2, -0.15) is 0 Å². The van der Waals surface area contributed by atoms with Crippen LogP contribution in [0.3, 0.4) is 0 Å². The molecule has 0 unspecified atom stereocenters. The Kier molecular flexibility index (Phi) is 4.85. The Morgan fingerprint density at radius 1 is 1.46 bits per heavy atom. The van der Waals surface area contributed by atoms with Crippen molar-refractivity contribution in [2.45, 2.75) is 52.9 Å². The number of anilines is 1. The van der Waals surface area contributed by atoms with Gasteiger partial charge >= 0.3 is 0 Å². The van der Waals surface area contributed by atoms with Crippen LogP contribution in [0.25, 0.3) is 0 Å². The van der Waals surface area contributed by atoms with Crippen molar-refractivity contribution < 1.29 is 14.0 Å². The van der Waals surface area contributed by atoms with Crippen molar-refractivity contribution in [1.82, 2.24) is 4.98 Å². The molecule has 1 N–H and O–H groups in total. The average Bonchev–Trinajstić information content (AvgIpc) is 3.07. The van der Waals surface area contributed by atoms with E-state index in [0.717, 1.165) is 18.5 Å². The number of nitrogens with zero attached hydrogens (tertiary/aromatic N) is 1. The lowest BCUT2D eigenvalue weighted by molar-refractivity contribution is -0.116. The fourth-order valence-electron chi connectivity index (χ4n) is 3.03. The molecule has 0 aromatic carbocycles. The van der Waals surface area contributed by atoms with Crippen molar-refractivity contribution in [3.8, 4) is 0 Å². The van der Waals surface area contributed by atoms with Crippen molar-refractivity contribution in [2.24, 2.45) is 5.92 Å². The second-order valence-electron chi connectivity index (χ2n) is 6.52. The van der Waals surface area contributed by atoms with Gasteiger partial charge in [-0.15, -0.1) is 11.3 Å². The number of carbonyl (C=O) groups excluding carboxylic acids is 2. The van der Waals surface area contributed by atoms with Crippen LogP contribution in [0.15, 0.2) is 10.5 Å². The summed E-state index contributed by atoms with van der Waals surface area (Å²) in [6.07, 6.45) is 4.01. The summed E-state index contributed by atoms with van der Waals surface area (Å²) in [6.45, 7) is 5.53. The number of aryl methyl sites for hydroxylation is 3. The highest BCUT2D eigenvalue weighted by Gasteiger charge is 2.20. The van der Waals surface area contributed by atoms with Gasteiger partial charge in [0.2, 0.25) is 5.91 Å². The lowest BCUT2D eigenvalue weighted by Gasteiger charge is -2.15. The third-order valence-corrected chi connectivity index (χ3v) is 5.41. The maximum Gasteiger partial charge on any atom is 0.226 e. The molecule has 3 rings (SSSR count). The molecule has 1 amide bonds. The van der Waals surface area contributed by atoms with Crippen LogP contribution in [0.2, 0.25) is 0 Å². The Bertz CT molecular complexity index is 775. The number of hydrogen-bond acceptors (Lipinski definition) is 5. The van der Waals surface area contributed by atoms with Gasteiger partial charge in [-0.25, -0.2) is 4.98 Å². The second kappa shape index (κ2) is 6.89. The van der Waals surface area contributed by atoms with Gasteiger partial charge in [0, 0.05) is 17.7 Å². The van der Waals surface area contributed by atoms with Crippen LogP contribution >= 0.6 is 11.3 Å². The topological polar surface area (TPSA) is 72.2 Å². The third kappa shape index (κ3) is 3.75. The summed E-state index contributed by atoms with van der Waals surface area (Å²) in [5, 5.41) is 3.58. The monoisotopic (exact) mass is 346 g/mol. The Morgan fingerprint density at radius 3 is 2.96 bits per heavy atom. The molecule has 0 spiro atoms. The fraction of sp³-hybridized carbons (Fsp3) is 0.500. The first-order chi connectivity index (χ1) is 11.4. The normalized spacial score (nSPS) is 16.7. The molecule has 1 aliphatic rings. The SMILES string of the molecule is CC(=O)c1cc(CCC(=O)Nc2nc3c(s2)C[C@@H](C)CC3)oc1C. The highest BCUT2D eigenvalue weighted by atomic mass is 32.1. The minimum atomic E-state index is -0.0763. The van der Waals surface area contributed by atoms with E-state index < -0.39 is 0 Å². The molecule has 6 heteroatoms. The van der Waals surface area contributed by atoms with Gasteiger partial charge in [-0.1, -0.05) is 6.92 Å². The summed E-state index contributed by atoms with van der Waals surface area (Å²) in [7, 11) is 0. The fourth-order valence-corrected chi connectivity index (χ4v) is 4.22. The van der Waals surface area contributed by atoms with Crippen molar-refractivity contribution in [1.29, 1.82) is 0 Å². The molecular formula is C18H22N2O3S. The van der Waals surface area contributed by atoms with E-state index >= 15 is 0 Å². The number of rotatable bonds is 5. The molecule has 1 aliphatic carbocycles. The Labute approximate surface area is 145 Å². The van der Waals surface area contributed by atoms with Crippen LogP contribution in [-0.2, 0) is 24.1 Å². The van der Waals surface area contributed by atoms with Gasteiger partial charge in [0.25, 0.3) is 0 Å². The van der Waals surface area contributed by atoms with Crippen molar-refractivity contribution in [3.63, 3.8) is 0 Å². The summed E-state index contributed by atoms with van der Waals surface area (Å²) in [4.78, 5) is 29.4. The molecule has 2 aromatic rings.